The van der Waals surface area contributed by atoms with Crippen molar-refractivity contribution in [2.75, 3.05) is 21.1 Å². The van der Waals surface area contributed by atoms with Crippen LogP contribution in [-0.4, -0.2) is 49.9 Å². The van der Waals surface area contributed by atoms with Crippen molar-refractivity contribution >= 4 is 11.9 Å². The Balaban J connectivity index is 0. The van der Waals surface area contributed by atoms with Gasteiger partial charge in [0.15, 0.2) is 6.10 Å². The molecule has 0 aromatic rings. The third-order valence-electron chi connectivity index (χ3n) is 9.02. The van der Waals surface area contributed by atoms with E-state index in [4.69, 9.17) is 9.47 Å². The minimum absolute atomic E-state index is 0. The molecule has 0 N–H and O–H groups in total. The summed E-state index contributed by atoms with van der Waals surface area (Å²) in [5.74, 6) is -0.386. The van der Waals surface area contributed by atoms with E-state index in [0.717, 1.165) is 51.4 Å². The standard InChI is InChI=1S/C42H80NO4.ClH/c1-7-9-11-13-15-17-19-21-23-25-27-29-31-33-35-37-40(44)46-39(3)42(43(4,5)6)47-41(45)38-36-34-32-30-28-26-24-22-20-18-16-14-12-10-8-2;/h21-24,39,42H,7-20,25-38H2,1-6H3;1H/q+1;/p-1. The SMILES string of the molecule is CCCCCCCCC=CCCCCCCCC(=O)OC(C)C(OC(=O)CCCCCCCC=CCCCCCCCC)[N+](C)(C)C.[Cl-]. The molecule has 0 heterocycles. The molecule has 0 rings (SSSR count). The third-order valence-corrected chi connectivity index (χ3v) is 9.02. The summed E-state index contributed by atoms with van der Waals surface area (Å²) in [5.41, 5.74) is 0. The largest absolute Gasteiger partial charge is 1.00 e. The van der Waals surface area contributed by atoms with Crippen LogP contribution in [0.15, 0.2) is 24.3 Å². The number of esters is 2. The number of hydrogen-bond acceptors (Lipinski definition) is 4. The topological polar surface area (TPSA) is 52.6 Å². The number of rotatable bonds is 34. The normalized spacial score (nSPS) is 13.1. The van der Waals surface area contributed by atoms with Gasteiger partial charge in [-0.25, -0.2) is 0 Å². The third kappa shape index (κ3) is 33.2. The molecule has 0 bridgehead atoms. The number of ether oxygens (including phenoxy) is 2. The first-order valence-corrected chi connectivity index (χ1v) is 20.2. The molecule has 48 heavy (non-hydrogen) atoms. The predicted molar refractivity (Wildman–Crippen MR) is 202 cm³/mol. The first-order valence-electron chi connectivity index (χ1n) is 20.2. The van der Waals surface area contributed by atoms with Crippen LogP contribution in [0.5, 0.6) is 0 Å². The highest BCUT2D eigenvalue weighted by molar-refractivity contribution is 5.70. The molecule has 0 aliphatic rings. The van der Waals surface area contributed by atoms with E-state index >= 15 is 0 Å². The first-order chi connectivity index (χ1) is 22.7. The molecule has 0 aromatic heterocycles. The average Bonchev–Trinajstić information content (AvgIpc) is 3.03. The molecule has 2 atom stereocenters. The zero-order chi connectivity index (χ0) is 34.9. The van der Waals surface area contributed by atoms with Gasteiger partial charge in [0, 0.05) is 12.8 Å². The van der Waals surface area contributed by atoms with Crippen molar-refractivity contribution in [3.05, 3.63) is 24.3 Å². The lowest BCUT2D eigenvalue weighted by atomic mass is 10.1. The molecule has 0 aliphatic carbocycles. The van der Waals surface area contributed by atoms with Gasteiger partial charge in [0.2, 0.25) is 0 Å². The Labute approximate surface area is 305 Å². The van der Waals surface area contributed by atoms with Crippen LogP contribution < -0.4 is 12.4 Å². The summed E-state index contributed by atoms with van der Waals surface area (Å²) < 4.78 is 12.0. The van der Waals surface area contributed by atoms with Crippen molar-refractivity contribution in [3.8, 4) is 0 Å². The molecule has 0 amide bonds. The maximum Gasteiger partial charge on any atom is 0.310 e. The summed E-state index contributed by atoms with van der Waals surface area (Å²) in [4.78, 5) is 25.2. The molecular formula is C42H80ClNO4. The Bertz CT molecular complexity index is 776. The zero-order valence-electron chi connectivity index (χ0n) is 32.7. The molecule has 0 fully saturated rings. The van der Waals surface area contributed by atoms with Crippen LogP contribution in [0.25, 0.3) is 0 Å². The van der Waals surface area contributed by atoms with Crippen molar-refractivity contribution in [1.82, 2.24) is 0 Å². The lowest BCUT2D eigenvalue weighted by Crippen LogP contribution is -3.00. The molecule has 0 radical (unpaired) electrons. The fraction of sp³-hybridized carbons (Fsp3) is 0.857. The van der Waals surface area contributed by atoms with E-state index in [9.17, 15) is 9.59 Å². The quantitative estimate of drug-likeness (QED) is 0.0221. The van der Waals surface area contributed by atoms with Gasteiger partial charge in [0.05, 0.1) is 21.1 Å². The fourth-order valence-corrected chi connectivity index (χ4v) is 6.08. The lowest BCUT2D eigenvalue weighted by molar-refractivity contribution is -0.920. The van der Waals surface area contributed by atoms with Crippen molar-refractivity contribution in [2.24, 2.45) is 0 Å². The first kappa shape index (κ1) is 48.8. The number of carbonyl (C=O) groups is 2. The highest BCUT2D eigenvalue weighted by Gasteiger charge is 2.36. The number of likely N-dealkylation sites (N-methyl/N-ethyl adjacent to an activating group) is 1. The molecule has 0 aliphatic heterocycles. The van der Waals surface area contributed by atoms with Crippen LogP contribution in [0, 0.1) is 0 Å². The van der Waals surface area contributed by atoms with Crippen LogP contribution in [0.1, 0.15) is 201 Å². The number of unbranched alkanes of at least 4 members (excludes halogenated alkanes) is 22. The summed E-state index contributed by atoms with van der Waals surface area (Å²) in [5, 5.41) is 0. The van der Waals surface area contributed by atoms with Crippen LogP contribution >= 0.6 is 0 Å². The molecule has 5 nitrogen and oxygen atoms in total. The number of quaternary nitrogens is 1. The summed E-state index contributed by atoms with van der Waals surface area (Å²) in [6, 6.07) is 0. The van der Waals surface area contributed by atoms with Gasteiger partial charge in [-0.3, -0.25) is 14.1 Å². The van der Waals surface area contributed by atoms with Crippen molar-refractivity contribution in [2.45, 2.75) is 213 Å². The highest BCUT2D eigenvalue weighted by Crippen LogP contribution is 2.18. The maximum absolute atomic E-state index is 12.7. The number of carbonyl (C=O) groups excluding carboxylic acids is 2. The van der Waals surface area contributed by atoms with Crippen LogP contribution in [0.3, 0.4) is 0 Å². The summed E-state index contributed by atoms with van der Waals surface area (Å²) in [6.45, 7) is 6.38. The van der Waals surface area contributed by atoms with Gasteiger partial charge in [-0.1, -0.05) is 141 Å². The average molecular weight is 699 g/mol. The van der Waals surface area contributed by atoms with Crippen LogP contribution in [0.2, 0.25) is 0 Å². The van der Waals surface area contributed by atoms with Gasteiger partial charge in [-0.05, 0) is 71.1 Å². The summed E-state index contributed by atoms with van der Waals surface area (Å²) in [6.07, 6.45) is 41.3. The Morgan fingerprint density at radius 1 is 0.479 bits per heavy atom. The summed E-state index contributed by atoms with van der Waals surface area (Å²) >= 11 is 0. The van der Waals surface area contributed by atoms with Crippen LogP contribution in [0.4, 0.5) is 0 Å². The number of halogens is 1. The van der Waals surface area contributed by atoms with E-state index in [1.165, 1.54) is 116 Å². The second-order valence-electron chi connectivity index (χ2n) is 14.9. The zero-order valence-corrected chi connectivity index (χ0v) is 33.5. The highest BCUT2D eigenvalue weighted by atomic mass is 35.5. The van der Waals surface area contributed by atoms with E-state index < -0.39 is 12.3 Å². The predicted octanol–water partition coefficient (Wildman–Crippen LogP) is 9.57. The molecule has 0 aromatic carbocycles. The number of allylic oxidation sites excluding steroid dienone is 4. The molecular weight excluding hydrogens is 618 g/mol. The lowest BCUT2D eigenvalue weighted by Gasteiger charge is -2.36. The van der Waals surface area contributed by atoms with Gasteiger partial charge in [-0.15, -0.1) is 0 Å². The Morgan fingerprint density at radius 3 is 1.10 bits per heavy atom. The van der Waals surface area contributed by atoms with Gasteiger partial charge in [-0.2, -0.15) is 0 Å². The van der Waals surface area contributed by atoms with E-state index in [0.29, 0.717) is 17.3 Å². The molecule has 2 unspecified atom stereocenters. The van der Waals surface area contributed by atoms with Gasteiger partial charge < -0.3 is 21.9 Å². The molecule has 284 valence electrons. The van der Waals surface area contributed by atoms with E-state index in [-0.39, 0.29) is 24.3 Å². The van der Waals surface area contributed by atoms with Crippen molar-refractivity contribution < 1.29 is 36.0 Å². The number of hydrogen-bond donors (Lipinski definition) is 0. The Hall–Kier alpha value is -1.33. The Kier molecular flexibility index (Phi) is 36.1. The smallest absolute Gasteiger partial charge is 0.310 e. The monoisotopic (exact) mass is 698 g/mol. The Morgan fingerprint density at radius 2 is 0.771 bits per heavy atom. The van der Waals surface area contributed by atoms with E-state index in [1.54, 1.807) is 0 Å². The van der Waals surface area contributed by atoms with Crippen LogP contribution in [-0.2, 0) is 19.1 Å². The van der Waals surface area contributed by atoms with Gasteiger partial charge in [0.1, 0.15) is 0 Å². The molecule has 6 heteroatoms. The molecule has 0 spiro atoms. The van der Waals surface area contributed by atoms with E-state index in [1.807, 2.05) is 28.1 Å². The second kappa shape index (κ2) is 35.5. The summed E-state index contributed by atoms with van der Waals surface area (Å²) in [7, 11) is 5.94. The minimum Gasteiger partial charge on any atom is -1.00 e. The molecule has 0 saturated heterocycles. The maximum atomic E-state index is 12.7. The van der Waals surface area contributed by atoms with Gasteiger partial charge >= 0.3 is 11.9 Å². The van der Waals surface area contributed by atoms with E-state index in [2.05, 4.69) is 38.2 Å². The van der Waals surface area contributed by atoms with Crippen molar-refractivity contribution in [1.29, 1.82) is 0 Å². The second-order valence-corrected chi connectivity index (χ2v) is 14.9. The number of nitrogens with zero attached hydrogens (tertiary/aromatic N) is 1. The van der Waals surface area contributed by atoms with Gasteiger partial charge in [0.25, 0.3) is 6.23 Å². The minimum atomic E-state index is -0.510. The fourth-order valence-electron chi connectivity index (χ4n) is 6.08. The molecule has 0 saturated carbocycles. The van der Waals surface area contributed by atoms with Crippen molar-refractivity contribution in [3.63, 3.8) is 0 Å².